The van der Waals surface area contributed by atoms with E-state index in [4.69, 9.17) is 4.74 Å². The van der Waals surface area contributed by atoms with E-state index >= 15 is 4.39 Å². The molecule has 1 aromatic carbocycles. The molecule has 0 radical (unpaired) electrons. The van der Waals surface area contributed by atoms with Gasteiger partial charge in [0.25, 0.3) is 0 Å². The van der Waals surface area contributed by atoms with Crippen LogP contribution in [0, 0.1) is 5.82 Å². The van der Waals surface area contributed by atoms with Crippen LogP contribution in [0.2, 0.25) is 0 Å². The summed E-state index contributed by atoms with van der Waals surface area (Å²) in [5.41, 5.74) is 2.75. The summed E-state index contributed by atoms with van der Waals surface area (Å²) in [7, 11) is 2.91. The Kier molecular flexibility index (Phi) is 4.68. The summed E-state index contributed by atoms with van der Waals surface area (Å²) in [6, 6.07) is 6.14. The minimum atomic E-state index is -0.615. The van der Waals surface area contributed by atoms with Crippen LogP contribution in [0.1, 0.15) is 5.56 Å². The maximum Gasteiger partial charge on any atom is 0.415 e. The number of carbonyl (C=O) groups excluding carboxylic acids is 2. The third-order valence-electron chi connectivity index (χ3n) is 5.51. The van der Waals surface area contributed by atoms with Crippen molar-refractivity contribution in [1.29, 1.82) is 0 Å². The summed E-state index contributed by atoms with van der Waals surface area (Å²) in [6.45, 7) is 0.102. The number of aromatic nitrogens is 5. The lowest BCUT2D eigenvalue weighted by Gasteiger charge is -2.16. The summed E-state index contributed by atoms with van der Waals surface area (Å²) in [5.74, 6) is -0.111. The quantitative estimate of drug-likeness (QED) is 0.651. The number of halogens is 1. The Bertz CT molecular complexity index is 1210. The molecule has 1 saturated heterocycles. The van der Waals surface area contributed by atoms with Gasteiger partial charge in [-0.15, -0.1) is 10.2 Å². The topological polar surface area (TPSA) is 124 Å². The second-order valence-corrected chi connectivity index (χ2v) is 7.43. The van der Waals surface area contributed by atoms with Gasteiger partial charge in [0.05, 0.1) is 32.4 Å². The number of amides is 2. The fraction of sp³-hybridized carbons (Fsp3) is 0.300. The first-order valence-corrected chi connectivity index (χ1v) is 9.79. The Morgan fingerprint density at radius 3 is 2.91 bits per heavy atom. The number of tetrazole rings is 1. The molecule has 4 heterocycles. The van der Waals surface area contributed by atoms with E-state index in [2.05, 4.69) is 30.4 Å². The third-order valence-corrected chi connectivity index (χ3v) is 5.51. The standard InChI is InChI=1S/C20H18FN7O4/c1-27-25-18(24-26-27)14-4-3-10(8-22-14)12-5-11-6-16-17(9-23-19(29)31-2)32-20(30)28(16)15(11)7-13(12)21/h3-5,7-8,16-17H,6,9H2,1-2H3,(H,23,29)/t16-,17-/m0/s1. The van der Waals surface area contributed by atoms with E-state index in [1.165, 1.54) is 22.9 Å². The van der Waals surface area contributed by atoms with Gasteiger partial charge in [-0.25, -0.2) is 14.0 Å². The highest BCUT2D eigenvalue weighted by atomic mass is 19.1. The molecule has 1 N–H and O–H groups in total. The highest BCUT2D eigenvalue weighted by Gasteiger charge is 2.47. The van der Waals surface area contributed by atoms with Crippen molar-refractivity contribution in [3.8, 4) is 22.6 Å². The lowest BCUT2D eigenvalue weighted by molar-refractivity contribution is 0.123. The van der Waals surface area contributed by atoms with Crippen molar-refractivity contribution in [2.45, 2.75) is 18.6 Å². The number of anilines is 1. The predicted molar refractivity (Wildman–Crippen MR) is 108 cm³/mol. The molecule has 2 aliphatic rings. The number of cyclic esters (lactones) is 1. The fourth-order valence-electron chi connectivity index (χ4n) is 4.01. The van der Waals surface area contributed by atoms with Crippen molar-refractivity contribution < 1.29 is 23.5 Å². The number of fused-ring (bicyclic) bond motifs is 3. The van der Waals surface area contributed by atoms with Crippen LogP contribution in [0.4, 0.5) is 19.7 Å². The molecule has 0 bridgehead atoms. The van der Waals surface area contributed by atoms with E-state index in [-0.39, 0.29) is 12.6 Å². The summed E-state index contributed by atoms with van der Waals surface area (Å²) in [4.78, 5) is 30.8. The first-order valence-electron chi connectivity index (χ1n) is 9.79. The molecular weight excluding hydrogens is 421 g/mol. The largest absolute Gasteiger partial charge is 0.453 e. The van der Waals surface area contributed by atoms with Crippen LogP contribution in [-0.4, -0.2) is 63.2 Å². The van der Waals surface area contributed by atoms with Crippen molar-refractivity contribution in [2.75, 3.05) is 18.6 Å². The normalized spacial score (nSPS) is 18.8. The molecule has 0 unspecified atom stereocenters. The van der Waals surface area contributed by atoms with Crippen molar-refractivity contribution in [1.82, 2.24) is 30.5 Å². The zero-order valence-electron chi connectivity index (χ0n) is 17.1. The molecule has 0 aliphatic carbocycles. The first kappa shape index (κ1) is 19.8. The van der Waals surface area contributed by atoms with E-state index < -0.39 is 24.1 Å². The maximum atomic E-state index is 15.0. The zero-order chi connectivity index (χ0) is 22.4. The minimum Gasteiger partial charge on any atom is -0.453 e. The van der Waals surface area contributed by atoms with Crippen LogP contribution in [0.25, 0.3) is 22.6 Å². The highest BCUT2D eigenvalue weighted by Crippen LogP contribution is 2.41. The summed E-state index contributed by atoms with van der Waals surface area (Å²) in [6.07, 6.45) is 0.262. The van der Waals surface area contributed by atoms with E-state index in [1.54, 1.807) is 31.4 Å². The van der Waals surface area contributed by atoms with Crippen molar-refractivity contribution in [3.05, 3.63) is 41.8 Å². The molecule has 0 spiro atoms. The zero-order valence-corrected chi connectivity index (χ0v) is 17.1. The van der Waals surface area contributed by atoms with Crippen LogP contribution in [-0.2, 0) is 22.9 Å². The number of hydrogen-bond acceptors (Lipinski definition) is 8. The van der Waals surface area contributed by atoms with Gasteiger partial charge in [-0.3, -0.25) is 9.88 Å². The van der Waals surface area contributed by atoms with Crippen molar-refractivity contribution in [2.24, 2.45) is 7.05 Å². The maximum absolute atomic E-state index is 15.0. The van der Waals surface area contributed by atoms with Crippen LogP contribution in [0.5, 0.6) is 0 Å². The van der Waals surface area contributed by atoms with Gasteiger partial charge in [0.15, 0.2) is 0 Å². The molecule has 5 rings (SSSR count). The summed E-state index contributed by atoms with van der Waals surface area (Å²) >= 11 is 0. The van der Waals surface area contributed by atoms with Gasteiger partial charge in [-0.05, 0) is 35.4 Å². The third kappa shape index (κ3) is 3.29. The second kappa shape index (κ2) is 7.55. The van der Waals surface area contributed by atoms with E-state index in [9.17, 15) is 9.59 Å². The smallest absolute Gasteiger partial charge is 0.415 e. The SMILES string of the molecule is COC(=O)NC[C@@H]1OC(=O)N2c3cc(F)c(-c4ccc(-c5nnn(C)n5)nc4)cc3C[C@@H]12. The van der Waals surface area contributed by atoms with Crippen LogP contribution >= 0.6 is 0 Å². The summed E-state index contributed by atoms with van der Waals surface area (Å²) in [5, 5.41) is 14.3. The average molecular weight is 439 g/mol. The number of nitrogens with one attached hydrogen (secondary N) is 1. The number of hydrogen-bond donors (Lipinski definition) is 1. The van der Waals surface area contributed by atoms with Gasteiger partial charge in [0.1, 0.15) is 17.6 Å². The molecule has 2 amide bonds. The average Bonchev–Trinajstić information content (AvgIpc) is 3.47. The van der Waals surface area contributed by atoms with Crippen molar-refractivity contribution in [3.63, 3.8) is 0 Å². The van der Waals surface area contributed by atoms with E-state index in [1.807, 2.05) is 0 Å². The number of benzene rings is 1. The number of ether oxygens (including phenoxy) is 2. The molecular formula is C20H18FN7O4. The number of carbonyl (C=O) groups is 2. The molecule has 2 aliphatic heterocycles. The number of alkyl carbamates (subject to hydrolysis) is 1. The van der Waals surface area contributed by atoms with Gasteiger partial charge in [0.2, 0.25) is 5.82 Å². The van der Waals surface area contributed by atoms with Crippen LogP contribution in [0.15, 0.2) is 30.5 Å². The van der Waals surface area contributed by atoms with E-state index in [0.29, 0.717) is 34.8 Å². The number of rotatable bonds is 4. The Hall–Kier alpha value is -4.09. The van der Waals surface area contributed by atoms with Gasteiger partial charge < -0.3 is 14.8 Å². The monoisotopic (exact) mass is 439 g/mol. The van der Waals surface area contributed by atoms with Gasteiger partial charge in [-0.2, -0.15) is 4.80 Å². The van der Waals surface area contributed by atoms with Crippen LogP contribution in [0.3, 0.4) is 0 Å². The Morgan fingerprint density at radius 2 is 2.22 bits per heavy atom. The molecule has 11 nitrogen and oxygen atoms in total. The molecule has 32 heavy (non-hydrogen) atoms. The highest BCUT2D eigenvalue weighted by molar-refractivity contribution is 5.94. The number of methoxy groups -OCH3 is 1. The summed E-state index contributed by atoms with van der Waals surface area (Å²) < 4.78 is 24.9. The second-order valence-electron chi connectivity index (χ2n) is 7.43. The van der Waals surface area contributed by atoms with Crippen molar-refractivity contribution >= 4 is 17.9 Å². The molecule has 3 aromatic rings. The van der Waals surface area contributed by atoms with Crippen LogP contribution < -0.4 is 10.2 Å². The predicted octanol–water partition coefficient (Wildman–Crippen LogP) is 1.68. The van der Waals surface area contributed by atoms with Gasteiger partial charge in [-0.1, -0.05) is 6.07 Å². The number of nitrogens with zero attached hydrogens (tertiary/aromatic N) is 6. The number of aryl methyl sites for hydroxylation is 1. The molecule has 12 heteroatoms. The molecule has 2 aromatic heterocycles. The molecule has 164 valence electrons. The lowest BCUT2D eigenvalue weighted by atomic mass is 10.00. The Labute approximate surface area is 181 Å². The van der Waals surface area contributed by atoms with E-state index in [0.717, 1.165) is 5.56 Å². The first-order chi connectivity index (χ1) is 15.4. The fourth-order valence-corrected chi connectivity index (χ4v) is 4.01. The van der Waals surface area contributed by atoms with Gasteiger partial charge >= 0.3 is 12.2 Å². The van der Waals surface area contributed by atoms with Gasteiger partial charge in [0, 0.05) is 17.3 Å². The Morgan fingerprint density at radius 1 is 1.38 bits per heavy atom. The molecule has 2 atom stereocenters. The lowest BCUT2D eigenvalue weighted by Crippen LogP contribution is -2.40. The molecule has 1 fully saturated rings. The minimum absolute atomic E-state index is 0.102. The Balaban J connectivity index is 1.41. The molecule has 0 saturated carbocycles. The number of pyridine rings is 1.